The zero-order valence-corrected chi connectivity index (χ0v) is 17.6. The molecule has 2 N–H and O–H groups in total. The fraction of sp³-hybridized carbons (Fsp3) is 0.222. The highest BCUT2D eigenvalue weighted by Gasteiger charge is 2.12. The first-order valence-electron chi connectivity index (χ1n) is 8.53. The highest BCUT2D eigenvalue weighted by molar-refractivity contribution is 8.00. The number of nitrogens with zero attached hydrogens (tertiary/aromatic N) is 3. The van der Waals surface area contributed by atoms with Crippen LogP contribution in [0.3, 0.4) is 0 Å². The Hall–Kier alpha value is -2.43. The van der Waals surface area contributed by atoms with Gasteiger partial charge >= 0.3 is 0 Å². The van der Waals surface area contributed by atoms with Gasteiger partial charge in [-0.2, -0.15) is 0 Å². The van der Waals surface area contributed by atoms with E-state index in [1.54, 1.807) is 7.11 Å². The van der Waals surface area contributed by atoms with Crippen molar-refractivity contribution < 1.29 is 4.74 Å². The topological polar surface area (TPSA) is 92.8 Å². The van der Waals surface area contributed by atoms with E-state index in [1.807, 2.05) is 37.3 Å². The van der Waals surface area contributed by atoms with Crippen LogP contribution in [0.2, 0.25) is 0 Å². The van der Waals surface area contributed by atoms with E-state index in [0.717, 1.165) is 32.2 Å². The molecule has 7 nitrogen and oxygen atoms in total. The molecule has 0 amide bonds. The molecule has 0 spiro atoms. The van der Waals surface area contributed by atoms with E-state index in [1.165, 1.54) is 34.4 Å². The molecule has 3 aromatic heterocycles. The predicted octanol–water partition coefficient (Wildman–Crippen LogP) is 4.24. The molecule has 0 unspecified atom stereocenters. The van der Waals surface area contributed by atoms with E-state index < -0.39 is 0 Å². The lowest BCUT2D eigenvalue weighted by Gasteiger charge is -2.00. The number of hydrogen-bond donors (Lipinski definition) is 2. The molecule has 28 heavy (non-hydrogen) atoms. The van der Waals surface area contributed by atoms with Gasteiger partial charge in [0.1, 0.15) is 16.3 Å². The number of thiophene rings is 1. The van der Waals surface area contributed by atoms with Gasteiger partial charge in [0.25, 0.3) is 5.56 Å². The molecule has 0 atom stereocenters. The minimum Gasteiger partial charge on any atom is -0.497 e. The highest BCUT2D eigenvalue weighted by atomic mass is 32.2. The van der Waals surface area contributed by atoms with Gasteiger partial charge in [0.05, 0.1) is 18.4 Å². The number of ether oxygens (including phenoxy) is 1. The first-order valence-corrected chi connectivity index (χ1v) is 11.2. The number of rotatable bonds is 7. The van der Waals surface area contributed by atoms with Gasteiger partial charge in [0, 0.05) is 11.4 Å². The molecule has 0 radical (unpaired) electrons. The van der Waals surface area contributed by atoms with Crippen molar-refractivity contribution in [1.82, 2.24) is 20.2 Å². The van der Waals surface area contributed by atoms with Gasteiger partial charge < -0.3 is 15.0 Å². The third-order valence-electron chi connectivity index (χ3n) is 3.87. The Morgan fingerprint density at radius 2 is 2.04 bits per heavy atom. The van der Waals surface area contributed by atoms with E-state index in [2.05, 4.69) is 25.5 Å². The summed E-state index contributed by atoms with van der Waals surface area (Å²) in [6, 6.07) is 9.73. The molecule has 0 aliphatic carbocycles. The maximum atomic E-state index is 12.5. The molecule has 4 rings (SSSR count). The van der Waals surface area contributed by atoms with Crippen LogP contribution in [0.4, 0.5) is 5.13 Å². The molecule has 4 aromatic rings. The number of nitrogens with one attached hydrogen (secondary N) is 2. The number of aromatic nitrogens is 4. The number of benzene rings is 1. The molecule has 144 valence electrons. The zero-order valence-electron chi connectivity index (χ0n) is 15.2. The van der Waals surface area contributed by atoms with E-state index in [0.29, 0.717) is 21.8 Å². The summed E-state index contributed by atoms with van der Waals surface area (Å²) in [5, 5.41) is 12.1. The maximum Gasteiger partial charge on any atom is 0.268 e. The van der Waals surface area contributed by atoms with Crippen molar-refractivity contribution in [3.8, 4) is 16.2 Å². The Morgan fingerprint density at radius 3 is 2.79 bits per heavy atom. The number of fused-ring (bicyclic) bond motifs is 1. The van der Waals surface area contributed by atoms with Crippen molar-refractivity contribution in [2.24, 2.45) is 0 Å². The molecular formula is C18H17N5O2S3. The van der Waals surface area contributed by atoms with Crippen molar-refractivity contribution >= 4 is 49.8 Å². The second kappa shape index (κ2) is 8.29. The molecule has 3 heterocycles. The maximum absolute atomic E-state index is 12.5. The van der Waals surface area contributed by atoms with E-state index in [4.69, 9.17) is 4.74 Å². The van der Waals surface area contributed by atoms with Crippen LogP contribution in [0.5, 0.6) is 5.75 Å². The summed E-state index contributed by atoms with van der Waals surface area (Å²) in [5.74, 6) is 1.95. The van der Waals surface area contributed by atoms with E-state index >= 15 is 0 Å². The van der Waals surface area contributed by atoms with Gasteiger partial charge in [-0.15, -0.1) is 21.5 Å². The molecule has 0 saturated carbocycles. The van der Waals surface area contributed by atoms with Gasteiger partial charge in [-0.05, 0) is 42.8 Å². The van der Waals surface area contributed by atoms with Crippen LogP contribution in [0.25, 0.3) is 20.7 Å². The van der Waals surface area contributed by atoms with Gasteiger partial charge in [-0.25, -0.2) is 4.98 Å². The normalized spacial score (nSPS) is 11.1. The minimum absolute atomic E-state index is 0.115. The summed E-state index contributed by atoms with van der Waals surface area (Å²) >= 11 is 4.44. The summed E-state index contributed by atoms with van der Waals surface area (Å²) in [6.45, 7) is 2.82. The lowest BCUT2D eigenvalue weighted by atomic mass is 10.2. The SMILES string of the molecule is CCNc1nnc(SCc2nc3cc(-c4ccc(OC)cc4)sc3c(=O)[nH]2)s1. The van der Waals surface area contributed by atoms with Gasteiger partial charge in [0.15, 0.2) is 4.34 Å². The lowest BCUT2D eigenvalue weighted by molar-refractivity contribution is 0.415. The Balaban J connectivity index is 1.56. The second-order valence-corrected chi connectivity index (χ2v) is 9.01. The van der Waals surface area contributed by atoms with Crippen molar-refractivity contribution in [2.45, 2.75) is 17.0 Å². The second-order valence-electron chi connectivity index (χ2n) is 5.76. The number of H-pyrrole nitrogens is 1. The summed E-state index contributed by atoms with van der Waals surface area (Å²) in [5.41, 5.74) is 1.63. The van der Waals surface area contributed by atoms with Crippen molar-refractivity contribution in [3.63, 3.8) is 0 Å². The summed E-state index contributed by atoms with van der Waals surface area (Å²) in [4.78, 5) is 21.0. The standard InChI is InChI=1S/C18H17N5O2S3/c1-3-19-17-22-23-18(28-17)26-9-14-20-12-8-13(27-15(12)16(24)21-14)10-4-6-11(25-2)7-5-10/h4-8H,3,9H2,1-2H3,(H,19,22)(H,20,21,24). The van der Waals surface area contributed by atoms with Gasteiger partial charge in [-0.1, -0.05) is 23.1 Å². The quantitative estimate of drug-likeness (QED) is 0.423. The van der Waals surface area contributed by atoms with E-state index in [9.17, 15) is 4.79 Å². The monoisotopic (exact) mass is 431 g/mol. The van der Waals surface area contributed by atoms with Gasteiger partial charge in [-0.3, -0.25) is 4.79 Å². The van der Waals surface area contributed by atoms with Crippen molar-refractivity contribution in [3.05, 3.63) is 46.5 Å². The fourth-order valence-corrected chi connectivity index (χ4v) is 5.26. The Bertz CT molecular complexity index is 1150. The average molecular weight is 432 g/mol. The summed E-state index contributed by atoms with van der Waals surface area (Å²) in [7, 11) is 1.64. The number of hydrogen-bond acceptors (Lipinski definition) is 9. The van der Waals surface area contributed by atoms with Crippen LogP contribution in [0.1, 0.15) is 12.7 Å². The zero-order chi connectivity index (χ0) is 19.5. The van der Waals surface area contributed by atoms with Crippen LogP contribution in [0, 0.1) is 0 Å². The van der Waals surface area contributed by atoms with Crippen LogP contribution >= 0.6 is 34.4 Å². The minimum atomic E-state index is -0.115. The van der Waals surface area contributed by atoms with Crippen LogP contribution in [0.15, 0.2) is 39.5 Å². The number of aromatic amines is 1. The lowest BCUT2D eigenvalue weighted by Crippen LogP contribution is -2.09. The molecule has 0 saturated heterocycles. The molecule has 0 aliphatic rings. The molecule has 0 aliphatic heterocycles. The Labute approximate surface area is 173 Å². The number of anilines is 1. The van der Waals surface area contributed by atoms with Crippen LogP contribution in [-0.2, 0) is 5.75 Å². The predicted molar refractivity (Wildman–Crippen MR) is 116 cm³/mol. The number of methoxy groups -OCH3 is 1. The summed E-state index contributed by atoms with van der Waals surface area (Å²) in [6.07, 6.45) is 0. The van der Waals surface area contributed by atoms with Crippen LogP contribution in [-0.4, -0.2) is 33.8 Å². The van der Waals surface area contributed by atoms with Crippen molar-refractivity contribution in [1.29, 1.82) is 0 Å². The van der Waals surface area contributed by atoms with Crippen LogP contribution < -0.4 is 15.6 Å². The fourth-order valence-electron chi connectivity index (χ4n) is 2.58. The summed E-state index contributed by atoms with van der Waals surface area (Å²) < 4.78 is 6.66. The first kappa shape index (κ1) is 18.9. The third kappa shape index (κ3) is 4.03. The van der Waals surface area contributed by atoms with Crippen molar-refractivity contribution in [2.75, 3.05) is 19.0 Å². The van der Waals surface area contributed by atoms with E-state index in [-0.39, 0.29) is 5.56 Å². The Kier molecular flexibility index (Phi) is 5.60. The average Bonchev–Trinajstić information content (AvgIpc) is 3.34. The Morgan fingerprint density at radius 1 is 1.21 bits per heavy atom. The molecule has 10 heteroatoms. The third-order valence-corrected chi connectivity index (χ3v) is 7.07. The molecule has 0 bridgehead atoms. The van der Waals surface area contributed by atoms with Gasteiger partial charge in [0.2, 0.25) is 5.13 Å². The molecular weight excluding hydrogens is 414 g/mol. The molecule has 1 aromatic carbocycles. The smallest absolute Gasteiger partial charge is 0.268 e. The molecule has 0 fully saturated rings. The highest BCUT2D eigenvalue weighted by Crippen LogP contribution is 2.32. The number of thioether (sulfide) groups is 1. The first-order chi connectivity index (χ1) is 13.7. The largest absolute Gasteiger partial charge is 0.497 e.